The van der Waals surface area contributed by atoms with Gasteiger partial charge in [0.15, 0.2) is 29.3 Å². The van der Waals surface area contributed by atoms with Gasteiger partial charge in [-0.3, -0.25) is 0 Å². The Labute approximate surface area is 248 Å². The summed E-state index contributed by atoms with van der Waals surface area (Å²) in [7, 11) is -1.92. The van der Waals surface area contributed by atoms with E-state index >= 15 is 4.39 Å². The van der Waals surface area contributed by atoms with Gasteiger partial charge in [-0.05, 0) is 45.9 Å². The molecule has 1 saturated heterocycles. The standard InChI is InChI=1S/C28H35F3N4O7S/c1-16-32-21-13-23(39-5)24(41-15-18-14-35(10-11-40-18)43(6,37)38)12-19(21)26(33-16)34-17(2)42-22-9-7-8-20(25(22)29)28(30,31)27(3,4)36/h7-9,12-13,17-18,36H,10-11,14-15H2,1-6H3,(H,32,33,34)/t17-,18+/m1/s1. The maximum absolute atomic E-state index is 15.1. The van der Waals surface area contributed by atoms with Crippen molar-refractivity contribution in [3.63, 3.8) is 0 Å². The number of aliphatic hydroxyl groups is 1. The Bertz CT molecular complexity index is 1580. The highest BCUT2D eigenvalue weighted by atomic mass is 32.2. The SMILES string of the molecule is COc1cc2nc(C)nc(N[C@@H](C)Oc3cccc(C(F)(F)C(C)(C)O)c3F)c2cc1OC[C@@H]1CN(S(C)(=O)=O)CCO1. The monoisotopic (exact) mass is 628 g/mol. The summed E-state index contributed by atoms with van der Waals surface area (Å²) in [6.45, 7) is 5.66. The van der Waals surface area contributed by atoms with Crippen LogP contribution in [0.5, 0.6) is 17.2 Å². The van der Waals surface area contributed by atoms with Crippen LogP contribution in [0.3, 0.4) is 0 Å². The number of morpholine rings is 1. The molecular weight excluding hydrogens is 593 g/mol. The highest BCUT2D eigenvalue weighted by Crippen LogP contribution is 2.42. The van der Waals surface area contributed by atoms with Crippen LogP contribution in [0.1, 0.15) is 32.2 Å². The summed E-state index contributed by atoms with van der Waals surface area (Å²) in [6, 6.07) is 6.58. The van der Waals surface area contributed by atoms with E-state index in [4.69, 9.17) is 18.9 Å². The fraction of sp³-hybridized carbons (Fsp3) is 0.500. The van der Waals surface area contributed by atoms with Gasteiger partial charge in [-0.1, -0.05) is 6.07 Å². The molecule has 0 spiro atoms. The second-order valence-electron chi connectivity index (χ2n) is 10.7. The van der Waals surface area contributed by atoms with Crippen molar-refractivity contribution < 1.29 is 45.6 Å². The van der Waals surface area contributed by atoms with Crippen LogP contribution >= 0.6 is 0 Å². The molecule has 0 saturated carbocycles. The second-order valence-corrected chi connectivity index (χ2v) is 12.7. The number of alkyl halides is 2. The number of benzene rings is 2. The Morgan fingerprint density at radius 3 is 2.58 bits per heavy atom. The fourth-order valence-electron chi connectivity index (χ4n) is 4.50. The summed E-state index contributed by atoms with van der Waals surface area (Å²) < 4.78 is 92.6. The zero-order chi connectivity index (χ0) is 31.7. The van der Waals surface area contributed by atoms with E-state index in [0.29, 0.717) is 28.2 Å². The minimum Gasteiger partial charge on any atom is -0.493 e. The topological polar surface area (TPSA) is 132 Å². The maximum atomic E-state index is 15.1. The zero-order valence-electron chi connectivity index (χ0n) is 24.7. The lowest BCUT2D eigenvalue weighted by Gasteiger charge is -2.31. The van der Waals surface area contributed by atoms with Gasteiger partial charge in [0.1, 0.15) is 30.0 Å². The Kier molecular flexibility index (Phi) is 9.30. The predicted molar refractivity (Wildman–Crippen MR) is 153 cm³/mol. The lowest BCUT2D eigenvalue weighted by Crippen LogP contribution is -2.47. The first-order chi connectivity index (χ1) is 20.0. The van der Waals surface area contributed by atoms with E-state index in [0.717, 1.165) is 26.2 Å². The molecule has 43 heavy (non-hydrogen) atoms. The Balaban J connectivity index is 1.58. The molecule has 1 fully saturated rings. The number of rotatable bonds is 11. The summed E-state index contributed by atoms with van der Waals surface area (Å²) in [6.07, 6.45) is -0.333. The van der Waals surface area contributed by atoms with Gasteiger partial charge in [-0.15, -0.1) is 0 Å². The number of methoxy groups -OCH3 is 1. The van der Waals surface area contributed by atoms with Crippen molar-refractivity contribution in [2.24, 2.45) is 0 Å². The lowest BCUT2D eigenvalue weighted by molar-refractivity contribution is -0.170. The van der Waals surface area contributed by atoms with Crippen LogP contribution in [-0.4, -0.2) is 85.4 Å². The molecule has 0 bridgehead atoms. The molecule has 15 heteroatoms. The largest absolute Gasteiger partial charge is 0.493 e. The first-order valence-corrected chi connectivity index (χ1v) is 15.2. The highest BCUT2D eigenvalue weighted by Gasteiger charge is 2.49. The predicted octanol–water partition coefficient (Wildman–Crippen LogP) is 3.82. The van der Waals surface area contributed by atoms with Crippen molar-refractivity contribution in [2.45, 2.75) is 51.6 Å². The summed E-state index contributed by atoms with van der Waals surface area (Å²) in [4.78, 5) is 8.88. The minimum absolute atomic E-state index is 0.0355. The molecule has 4 rings (SSSR count). The molecular formula is C28H35F3N4O7S. The molecule has 1 aromatic heterocycles. The van der Waals surface area contributed by atoms with Gasteiger partial charge in [0.25, 0.3) is 0 Å². The third kappa shape index (κ3) is 7.22. The van der Waals surface area contributed by atoms with Crippen LogP contribution in [0, 0.1) is 12.7 Å². The normalized spacial score (nSPS) is 17.5. The number of nitrogens with one attached hydrogen (secondary N) is 1. The van der Waals surface area contributed by atoms with Gasteiger partial charge < -0.3 is 29.4 Å². The van der Waals surface area contributed by atoms with Gasteiger partial charge in [-0.25, -0.2) is 22.8 Å². The highest BCUT2D eigenvalue weighted by molar-refractivity contribution is 7.88. The molecule has 11 nitrogen and oxygen atoms in total. The van der Waals surface area contributed by atoms with Crippen LogP contribution < -0.4 is 19.5 Å². The number of sulfonamides is 1. The number of anilines is 1. The van der Waals surface area contributed by atoms with Crippen LogP contribution in [-0.2, 0) is 20.7 Å². The quantitative estimate of drug-likeness (QED) is 0.302. The molecule has 2 N–H and O–H groups in total. The minimum atomic E-state index is -3.88. The van der Waals surface area contributed by atoms with Crippen LogP contribution in [0.15, 0.2) is 30.3 Å². The Morgan fingerprint density at radius 2 is 1.93 bits per heavy atom. The van der Waals surface area contributed by atoms with E-state index in [-0.39, 0.29) is 32.1 Å². The number of hydrogen-bond donors (Lipinski definition) is 2. The van der Waals surface area contributed by atoms with E-state index < -0.39 is 51.0 Å². The first kappa shape index (κ1) is 32.5. The van der Waals surface area contributed by atoms with E-state index in [1.807, 2.05) is 0 Å². The fourth-order valence-corrected chi connectivity index (χ4v) is 5.34. The molecule has 0 unspecified atom stereocenters. The van der Waals surface area contributed by atoms with Gasteiger partial charge in [0.05, 0.1) is 31.1 Å². The number of aromatic nitrogens is 2. The van der Waals surface area contributed by atoms with Crippen molar-refractivity contribution in [3.8, 4) is 17.2 Å². The molecule has 2 aromatic carbocycles. The van der Waals surface area contributed by atoms with Gasteiger partial charge in [-0.2, -0.15) is 13.1 Å². The Morgan fingerprint density at radius 1 is 1.21 bits per heavy atom. The molecule has 2 atom stereocenters. The van der Waals surface area contributed by atoms with Gasteiger partial charge in [0.2, 0.25) is 10.0 Å². The maximum Gasteiger partial charge on any atom is 0.303 e. The van der Waals surface area contributed by atoms with E-state index in [1.165, 1.54) is 23.5 Å². The van der Waals surface area contributed by atoms with Gasteiger partial charge >= 0.3 is 5.92 Å². The van der Waals surface area contributed by atoms with Crippen molar-refractivity contribution >= 4 is 26.7 Å². The number of hydrogen-bond acceptors (Lipinski definition) is 10. The Hall–Kier alpha value is -3.40. The van der Waals surface area contributed by atoms with Crippen LogP contribution in [0.25, 0.3) is 10.9 Å². The molecule has 1 aliphatic heterocycles. The summed E-state index contributed by atoms with van der Waals surface area (Å²) in [5, 5.41) is 13.4. The number of ether oxygens (including phenoxy) is 4. The number of fused-ring (bicyclic) bond motifs is 1. The van der Waals surface area contributed by atoms with E-state index in [2.05, 4.69) is 15.3 Å². The number of halogens is 3. The lowest BCUT2D eigenvalue weighted by atomic mass is 9.93. The van der Waals surface area contributed by atoms with Crippen molar-refractivity contribution in [2.75, 3.05) is 45.0 Å². The van der Waals surface area contributed by atoms with Crippen LogP contribution in [0.4, 0.5) is 19.0 Å². The van der Waals surface area contributed by atoms with Crippen molar-refractivity contribution in [1.82, 2.24) is 14.3 Å². The van der Waals surface area contributed by atoms with Crippen LogP contribution in [0.2, 0.25) is 0 Å². The molecule has 0 amide bonds. The third-order valence-electron chi connectivity index (χ3n) is 6.80. The zero-order valence-corrected chi connectivity index (χ0v) is 25.5. The molecule has 0 radical (unpaired) electrons. The third-order valence-corrected chi connectivity index (χ3v) is 8.07. The molecule has 1 aliphatic rings. The summed E-state index contributed by atoms with van der Waals surface area (Å²) in [5.41, 5.74) is -3.02. The first-order valence-electron chi connectivity index (χ1n) is 13.4. The van der Waals surface area contributed by atoms with E-state index in [9.17, 15) is 22.3 Å². The number of nitrogens with zero attached hydrogens (tertiary/aromatic N) is 3. The summed E-state index contributed by atoms with van der Waals surface area (Å²) >= 11 is 0. The molecule has 2 heterocycles. The van der Waals surface area contributed by atoms with Crippen molar-refractivity contribution in [1.29, 1.82) is 0 Å². The summed E-state index contributed by atoms with van der Waals surface area (Å²) in [5.74, 6) is -4.26. The average Bonchev–Trinajstić information content (AvgIpc) is 2.91. The molecule has 236 valence electrons. The molecule has 0 aliphatic carbocycles. The van der Waals surface area contributed by atoms with Gasteiger partial charge in [0, 0.05) is 24.5 Å². The molecule has 3 aromatic rings. The number of aryl methyl sites for hydroxylation is 1. The average molecular weight is 629 g/mol. The second kappa shape index (κ2) is 12.3. The van der Waals surface area contributed by atoms with Crippen molar-refractivity contribution in [3.05, 3.63) is 47.5 Å². The smallest absolute Gasteiger partial charge is 0.303 e. The van der Waals surface area contributed by atoms with E-state index in [1.54, 1.807) is 26.0 Å².